The largest absolute Gasteiger partial charge is 0.419 e. The van der Waals surface area contributed by atoms with Crippen LogP contribution in [0.25, 0.3) is 0 Å². The summed E-state index contributed by atoms with van der Waals surface area (Å²) in [6, 6.07) is 6.93. The van der Waals surface area contributed by atoms with Gasteiger partial charge < -0.3 is 5.11 Å². The van der Waals surface area contributed by atoms with Gasteiger partial charge in [0.05, 0.1) is 5.56 Å². The van der Waals surface area contributed by atoms with Crippen LogP contribution in [-0.4, -0.2) is 5.11 Å². The van der Waals surface area contributed by atoms with Crippen LogP contribution in [0.3, 0.4) is 0 Å². The molecule has 0 aromatic heterocycles. The van der Waals surface area contributed by atoms with E-state index in [-0.39, 0.29) is 16.1 Å². The molecule has 0 heterocycles. The van der Waals surface area contributed by atoms with Gasteiger partial charge in [-0.3, -0.25) is 0 Å². The first-order valence-electron chi connectivity index (χ1n) is 5.70. The minimum Gasteiger partial charge on any atom is -0.384 e. The van der Waals surface area contributed by atoms with E-state index in [0.29, 0.717) is 16.6 Å². The SMILES string of the molecule is OC(c1ccc(F)c(C(F)(F)F)c1)c1ccc(Br)cc1Cl. The van der Waals surface area contributed by atoms with Crippen molar-refractivity contribution in [2.75, 3.05) is 0 Å². The molecule has 2 rings (SSSR count). The molecule has 2 aromatic carbocycles. The van der Waals surface area contributed by atoms with E-state index in [9.17, 15) is 22.7 Å². The van der Waals surface area contributed by atoms with Crippen LogP contribution < -0.4 is 0 Å². The molecule has 1 N–H and O–H groups in total. The van der Waals surface area contributed by atoms with Gasteiger partial charge in [0.15, 0.2) is 0 Å². The minimum atomic E-state index is -4.83. The highest BCUT2D eigenvalue weighted by Crippen LogP contribution is 2.35. The maximum atomic E-state index is 13.2. The zero-order chi connectivity index (χ0) is 15.8. The molecular weight excluding hydrogens is 376 g/mol. The lowest BCUT2D eigenvalue weighted by atomic mass is 9.99. The van der Waals surface area contributed by atoms with E-state index < -0.39 is 23.7 Å². The lowest BCUT2D eigenvalue weighted by Gasteiger charge is -2.16. The number of benzene rings is 2. The molecule has 0 fully saturated rings. The smallest absolute Gasteiger partial charge is 0.384 e. The van der Waals surface area contributed by atoms with Crippen LogP contribution in [0.15, 0.2) is 40.9 Å². The van der Waals surface area contributed by atoms with Crippen molar-refractivity contribution < 1.29 is 22.7 Å². The summed E-state index contributed by atoms with van der Waals surface area (Å²) >= 11 is 9.13. The fourth-order valence-electron chi connectivity index (χ4n) is 1.83. The molecule has 0 aliphatic rings. The maximum absolute atomic E-state index is 13.2. The van der Waals surface area contributed by atoms with Gasteiger partial charge >= 0.3 is 6.18 Å². The van der Waals surface area contributed by atoms with E-state index in [0.717, 1.165) is 6.07 Å². The van der Waals surface area contributed by atoms with Gasteiger partial charge in [0.1, 0.15) is 11.9 Å². The zero-order valence-electron chi connectivity index (χ0n) is 10.3. The van der Waals surface area contributed by atoms with Gasteiger partial charge in [0, 0.05) is 15.1 Å². The molecule has 1 unspecified atom stereocenters. The Morgan fingerprint density at radius 3 is 2.33 bits per heavy atom. The van der Waals surface area contributed by atoms with E-state index in [2.05, 4.69) is 15.9 Å². The third-order valence-corrected chi connectivity index (χ3v) is 3.69. The summed E-state index contributed by atoms with van der Waals surface area (Å²) in [7, 11) is 0. The quantitative estimate of drug-likeness (QED) is 0.694. The van der Waals surface area contributed by atoms with Gasteiger partial charge in [-0.1, -0.05) is 39.7 Å². The maximum Gasteiger partial charge on any atom is 0.419 e. The van der Waals surface area contributed by atoms with Crippen LogP contribution in [0.5, 0.6) is 0 Å². The van der Waals surface area contributed by atoms with E-state index in [1.807, 2.05) is 0 Å². The van der Waals surface area contributed by atoms with Crippen LogP contribution in [-0.2, 0) is 6.18 Å². The standard InChI is InChI=1S/C14H8BrClF4O/c15-8-2-3-9(11(16)6-8)13(21)7-1-4-12(17)10(5-7)14(18,19)20/h1-6,13,21H. The molecule has 0 saturated heterocycles. The molecule has 2 aromatic rings. The summed E-state index contributed by atoms with van der Waals surface area (Å²) in [5, 5.41) is 10.3. The average Bonchev–Trinajstić information content (AvgIpc) is 2.37. The van der Waals surface area contributed by atoms with Crippen molar-refractivity contribution in [2.45, 2.75) is 12.3 Å². The van der Waals surface area contributed by atoms with Crippen LogP contribution >= 0.6 is 27.5 Å². The molecule has 112 valence electrons. The van der Waals surface area contributed by atoms with Crippen LogP contribution in [0.2, 0.25) is 5.02 Å². The molecule has 7 heteroatoms. The Hall–Kier alpha value is -1.11. The van der Waals surface area contributed by atoms with Crippen molar-refractivity contribution in [1.82, 2.24) is 0 Å². The molecule has 1 atom stereocenters. The predicted octanol–water partition coefficient (Wildman–Crippen LogP) is 5.34. The van der Waals surface area contributed by atoms with Gasteiger partial charge in [-0.05, 0) is 29.8 Å². The number of aliphatic hydroxyl groups excluding tert-OH is 1. The molecule has 1 nitrogen and oxygen atoms in total. The molecule has 0 spiro atoms. The number of aliphatic hydroxyl groups is 1. The van der Waals surface area contributed by atoms with Crippen LogP contribution in [0, 0.1) is 5.82 Å². The van der Waals surface area contributed by atoms with E-state index in [1.54, 1.807) is 6.07 Å². The van der Waals surface area contributed by atoms with E-state index in [1.165, 1.54) is 12.1 Å². The highest BCUT2D eigenvalue weighted by Gasteiger charge is 2.34. The molecule has 0 aliphatic heterocycles. The highest BCUT2D eigenvalue weighted by molar-refractivity contribution is 9.10. The van der Waals surface area contributed by atoms with Gasteiger partial charge in [0.2, 0.25) is 0 Å². The average molecular weight is 384 g/mol. The molecule has 0 saturated carbocycles. The van der Waals surface area contributed by atoms with Gasteiger partial charge in [-0.15, -0.1) is 0 Å². The summed E-state index contributed by atoms with van der Waals surface area (Å²) in [5.74, 6) is -1.39. The minimum absolute atomic E-state index is 0.0899. The Kier molecular flexibility index (Phi) is 4.60. The van der Waals surface area contributed by atoms with Gasteiger partial charge in [-0.25, -0.2) is 4.39 Å². The normalized spacial score (nSPS) is 13.3. The van der Waals surface area contributed by atoms with Crippen LogP contribution in [0.1, 0.15) is 22.8 Å². The number of hydrogen-bond acceptors (Lipinski definition) is 1. The summed E-state index contributed by atoms with van der Waals surface area (Å²) in [6.45, 7) is 0. The first-order chi connectivity index (χ1) is 9.70. The highest BCUT2D eigenvalue weighted by atomic mass is 79.9. The van der Waals surface area contributed by atoms with Crippen molar-refractivity contribution in [3.63, 3.8) is 0 Å². The topological polar surface area (TPSA) is 20.2 Å². The third-order valence-electron chi connectivity index (χ3n) is 2.87. The Morgan fingerprint density at radius 2 is 1.76 bits per heavy atom. The summed E-state index contributed by atoms with van der Waals surface area (Å²) in [5.41, 5.74) is -1.28. The lowest BCUT2D eigenvalue weighted by molar-refractivity contribution is -0.140. The van der Waals surface area contributed by atoms with Crippen molar-refractivity contribution >= 4 is 27.5 Å². The Balaban J connectivity index is 2.46. The molecule has 21 heavy (non-hydrogen) atoms. The predicted molar refractivity (Wildman–Crippen MR) is 74.6 cm³/mol. The molecule has 0 radical (unpaired) electrons. The summed E-state index contributed by atoms with van der Waals surface area (Å²) in [6.07, 6.45) is -6.21. The Bertz CT molecular complexity index is 673. The first-order valence-corrected chi connectivity index (χ1v) is 6.87. The second kappa shape index (κ2) is 5.94. The van der Waals surface area contributed by atoms with Crippen molar-refractivity contribution in [2.24, 2.45) is 0 Å². The Labute approximate surface area is 131 Å². The molecule has 0 amide bonds. The first kappa shape index (κ1) is 16.3. The van der Waals surface area contributed by atoms with Crippen molar-refractivity contribution in [1.29, 1.82) is 0 Å². The summed E-state index contributed by atoms with van der Waals surface area (Å²) < 4.78 is 51.9. The number of hydrogen-bond donors (Lipinski definition) is 1. The fourth-order valence-corrected chi connectivity index (χ4v) is 2.61. The molecule has 0 aliphatic carbocycles. The fraction of sp³-hybridized carbons (Fsp3) is 0.143. The van der Waals surface area contributed by atoms with E-state index in [4.69, 9.17) is 11.6 Å². The third kappa shape index (κ3) is 3.56. The second-order valence-corrected chi connectivity index (χ2v) is 5.63. The zero-order valence-corrected chi connectivity index (χ0v) is 12.6. The van der Waals surface area contributed by atoms with Gasteiger partial charge in [-0.2, -0.15) is 13.2 Å². The van der Waals surface area contributed by atoms with E-state index >= 15 is 0 Å². The molecular formula is C14H8BrClF4O. The number of alkyl halides is 3. The Morgan fingerprint density at radius 1 is 1.10 bits per heavy atom. The van der Waals surface area contributed by atoms with Gasteiger partial charge in [0.25, 0.3) is 0 Å². The van der Waals surface area contributed by atoms with Crippen molar-refractivity contribution in [3.8, 4) is 0 Å². The second-order valence-electron chi connectivity index (χ2n) is 4.31. The number of rotatable bonds is 2. The molecule has 0 bridgehead atoms. The van der Waals surface area contributed by atoms with Crippen LogP contribution in [0.4, 0.5) is 17.6 Å². The summed E-state index contributed by atoms with van der Waals surface area (Å²) in [4.78, 5) is 0. The monoisotopic (exact) mass is 382 g/mol. The van der Waals surface area contributed by atoms with Crippen molar-refractivity contribution in [3.05, 3.63) is 68.4 Å². The lowest BCUT2D eigenvalue weighted by Crippen LogP contribution is -2.10. The number of halogens is 6.